The summed E-state index contributed by atoms with van der Waals surface area (Å²) in [6.07, 6.45) is 0. The fraction of sp³-hybridized carbons (Fsp3) is 0. The molecule has 0 N–H and O–H groups in total. The van der Waals surface area contributed by atoms with Gasteiger partial charge in [-0.2, -0.15) is 0 Å². The van der Waals surface area contributed by atoms with E-state index < -0.39 is 0 Å². The number of rotatable bonds is 0. The maximum absolute atomic E-state index is 0. The first-order valence-electron chi connectivity index (χ1n) is 0. The molecule has 40 valence electrons. The van der Waals surface area contributed by atoms with Crippen molar-refractivity contribution in [1.29, 1.82) is 0 Å². The van der Waals surface area contributed by atoms with Gasteiger partial charge in [0.05, 0.1) is 0 Å². The predicted molar refractivity (Wildman–Crippen MR) is 10.0 cm³/mol. The second-order valence-corrected chi connectivity index (χ2v) is 0. The van der Waals surface area contributed by atoms with Gasteiger partial charge >= 0.3 is 0 Å². The van der Waals surface area contributed by atoms with E-state index in [0.717, 1.165) is 0 Å². The molecule has 0 aromatic heterocycles. The van der Waals surface area contributed by atoms with Crippen molar-refractivity contribution in [3.8, 4) is 0 Å². The topological polar surface area (TPSA) is 0 Å². The molecule has 0 radical (unpaired) electrons. The Morgan fingerprint density at radius 3 is 0.400 bits per heavy atom. The standard InChI is InChI=1S/4FH.Kr/h4*1H;. The molecule has 5 heteroatoms. The Bertz CT molecular complexity index is 3.61. The van der Waals surface area contributed by atoms with E-state index >= 15 is 0 Å². The van der Waals surface area contributed by atoms with Gasteiger partial charge < -0.3 is 0 Å². The van der Waals surface area contributed by atoms with Crippen LogP contribution in [0.3, 0.4) is 0 Å². The summed E-state index contributed by atoms with van der Waals surface area (Å²) >= 11 is 0. The van der Waals surface area contributed by atoms with Gasteiger partial charge in [0, 0.05) is 45.5 Å². The van der Waals surface area contributed by atoms with Crippen molar-refractivity contribution in [2.45, 2.75) is 0 Å². The van der Waals surface area contributed by atoms with Gasteiger partial charge in [0.25, 0.3) is 0 Å². The van der Waals surface area contributed by atoms with Crippen LogP contribution < -0.4 is 0 Å². The first-order valence-corrected chi connectivity index (χ1v) is 0. The summed E-state index contributed by atoms with van der Waals surface area (Å²) in [5, 5.41) is 0. The van der Waals surface area contributed by atoms with Gasteiger partial charge in [-0.25, -0.2) is 0 Å². The molecule has 0 heterocycles. The van der Waals surface area contributed by atoms with Gasteiger partial charge in [-0.3, -0.25) is 18.8 Å². The van der Waals surface area contributed by atoms with Crippen LogP contribution in [0.4, 0.5) is 18.8 Å². The molecule has 0 nitrogen and oxygen atoms in total. The number of hydrogen-bond donors (Lipinski definition) is 0. The van der Waals surface area contributed by atoms with Gasteiger partial charge in [0.15, 0.2) is 0 Å². The molecule has 0 bridgehead atoms. The van der Waals surface area contributed by atoms with Gasteiger partial charge in [-0.1, -0.05) is 0 Å². The van der Waals surface area contributed by atoms with Crippen LogP contribution in [0.2, 0.25) is 0 Å². The van der Waals surface area contributed by atoms with E-state index in [1.54, 1.807) is 0 Å². The Balaban J connectivity index is 0. The largest absolute Gasteiger partial charge is 0.269 e. The molecule has 0 aliphatic heterocycles. The van der Waals surface area contributed by atoms with Crippen LogP contribution in [0.5, 0.6) is 0 Å². The van der Waals surface area contributed by atoms with Crippen LogP contribution in [-0.4, -0.2) is 0 Å². The molecule has 0 fully saturated rings. The molecule has 0 aliphatic carbocycles. The van der Waals surface area contributed by atoms with E-state index in [1.165, 1.54) is 0 Å². The first kappa shape index (κ1) is 116. The van der Waals surface area contributed by atoms with Crippen molar-refractivity contribution < 1.29 is 64.3 Å². The summed E-state index contributed by atoms with van der Waals surface area (Å²) in [5.41, 5.74) is 0. The maximum Gasteiger partial charge on any atom is 0 e. The van der Waals surface area contributed by atoms with Crippen LogP contribution in [-0.2, 0) is 0 Å². The minimum Gasteiger partial charge on any atom is -0.269 e. The molecule has 5 heavy (non-hydrogen) atoms. The summed E-state index contributed by atoms with van der Waals surface area (Å²) in [7, 11) is 0. The monoisotopic (exact) mass is 164 g/mol. The molecule has 0 saturated heterocycles. The molecule has 0 rings (SSSR count). The molecule has 0 unspecified atom stereocenters. The fourth-order valence-electron chi connectivity index (χ4n) is 0. The van der Waals surface area contributed by atoms with Crippen LogP contribution in [0, 0.1) is 45.5 Å². The first-order chi connectivity index (χ1) is 0. The zero-order chi connectivity index (χ0) is 0. The average Bonchev–Trinajstić information content (AvgIpc) is 0. The minimum atomic E-state index is 0. The van der Waals surface area contributed by atoms with Crippen molar-refractivity contribution in [2.75, 3.05) is 0 Å². The molecule has 0 aliphatic rings. The number of halogens is 4. The summed E-state index contributed by atoms with van der Waals surface area (Å²) < 4.78 is 0. The van der Waals surface area contributed by atoms with Crippen molar-refractivity contribution >= 4 is 0 Å². The zero-order valence-corrected chi connectivity index (χ0v) is 3.47. The quantitative estimate of drug-likeness (QED) is 0.460. The fourth-order valence-corrected chi connectivity index (χ4v) is 0. The summed E-state index contributed by atoms with van der Waals surface area (Å²) in [6.45, 7) is 0. The van der Waals surface area contributed by atoms with Crippen molar-refractivity contribution in [3.05, 3.63) is 0 Å². The Kier molecular flexibility index (Phi) is 1480. The third-order valence-corrected chi connectivity index (χ3v) is 0. The third kappa shape index (κ3) is 37.0. The van der Waals surface area contributed by atoms with Crippen LogP contribution >= 0.6 is 0 Å². The van der Waals surface area contributed by atoms with Crippen LogP contribution in [0.25, 0.3) is 0 Å². The van der Waals surface area contributed by atoms with E-state index in [9.17, 15) is 0 Å². The van der Waals surface area contributed by atoms with E-state index in [1.807, 2.05) is 0 Å². The minimum absolute atomic E-state index is 0. The van der Waals surface area contributed by atoms with Crippen molar-refractivity contribution in [1.82, 2.24) is 0 Å². The van der Waals surface area contributed by atoms with E-state index in [4.69, 9.17) is 0 Å². The zero-order valence-electron chi connectivity index (χ0n) is 1.99. The molecule has 0 aromatic rings. The Morgan fingerprint density at radius 2 is 0.400 bits per heavy atom. The molecule has 0 saturated carbocycles. The molecular formula is H4F4Kr. The van der Waals surface area contributed by atoms with E-state index in [0.29, 0.717) is 0 Å². The molecule has 0 aromatic carbocycles. The second-order valence-electron chi connectivity index (χ2n) is 0. The molecule has 0 amide bonds. The van der Waals surface area contributed by atoms with Crippen LogP contribution in [0.15, 0.2) is 0 Å². The summed E-state index contributed by atoms with van der Waals surface area (Å²) in [5.74, 6) is 0. The smallest absolute Gasteiger partial charge is 0 e. The summed E-state index contributed by atoms with van der Waals surface area (Å²) in [4.78, 5) is 0. The van der Waals surface area contributed by atoms with Gasteiger partial charge in [0.2, 0.25) is 0 Å². The maximum atomic E-state index is 0. The summed E-state index contributed by atoms with van der Waals surface area (Å²) in [6, 6.07) is 0. The van der Waals surface area contributed by atoms with Crippen LogP contribution in [0.1, 0.15) is 0 Å². The molecule has 0 spiro atoms. The Labute approximate surface area is 63.7 Å². The van der Waals surface area contributed by atoms with Gasteiger partial charge in [0.1, 0.15) is 0 Å². The van der Waals surface area contributed by atoms with Gasteiger partial charge in [-0.15, -0.1) is 0 Å². The van der Waals surface area contributed by atoms with Crippen molar-refractivity contribution in [3.63, 3.8) is 0 Å². The normalized spacial score (nSPS) is 0. The van der Waals surface area contributed by atoms with Crippen molar-refractivity contribution in [2.24, 2.45) is 0 Å². The van der Waals surface area contributed by atoms with E-state index in [-0.39, 0.29) is 64.3 Å². The SMILES string of the molecule is F.F.F.F.[Kr]. The van der Waals surface area contributed by atoms with E-state index in [2.05, 4.69) is 0 Å². The molecule has 0 atom stereocenters. The second kappa shape index (κ2) is 63.7. The number of hydrogen-bond acceptors (Lipinski definition) is 0. The third-order valence-electron chi connectivity index (χ3n) is 0. The Morgan fingerprint density at radius 1 is 0.400 bits per heavy atom. The Hall–Kier alpha value is 1.20. The predicted octanol–water partition coefficient (Wildman–Crippen LogP) is 0.610. The van der Waals surface area contributed by atoms with Gasteiger partial charge in [-0.05, 0) is 0 Å². The molecular weight excluding hydrogens is 160 g/mol. The average molecular weight is 164 g/mol.